The zero-order valence-corrected chi connectivity index (χ0v) is 9.40. The van der Waals surface area contributed by atoms with Gasteiger partial charge in [-0.05, 0) is 30.5 Å². The zero-order chi connectivity index (χ0) is 9.97. The summed E-state index contributed by atoms with van der Waals surface area (Å²) in [5.74, 6) is 0. The summed E-state index contributed by atoms with van der Waals surface area (Å²) in [5, 5.41) is 9.97. The molecule has 1 fully saturated rings. The first-order valence-corrected chi connectivity index (χ1v) is 5.62. The number of benzene rings is 1. The minimum absolute atomic E-state index is 0.0174. The van der Waals surface area contributed by atoms with Crippen molar-refractivity contribution < 1.29 is 9.84 Å². The molecule has 14 heavy (non-hydrogen) atoms. The van der Waals surface area contributed by atoms with Gasteiger partial charge in [-0.2, -0.15) is 0 Å². The van der Waals surface area contributed by atoms with E-state index < -0.39 is 6.10 Å². The van der Waals surface area contributed by atoms with Gasteiger partial charge in [0.25, 0.3) is 0 Å². The molecule has 1 aliphatic rings. The molecule has 0 amide bonds. The smallest absolute Gasteiger partial charge is 0.105 e. The van der Waals surface area contributed by atoms with Crippen molar-refractivity contribution in [3.8, 4) is 0 Å². The van der Waals surface area contributed by atoms with Crippen LogP contribution in [-0.4, -0.2) is 17.8 Å². The molecule has 0 bridgehead atoms. The van der Waals surface area contributed by atoms with Crippen LogP contribution in [0.15, 0.2) is 28.7 Å². The van der Waals surface area contributed by atoms with Crippen molar-refractivity contribution in [1.82, 2.24) is 0 Å². The Kier molecular flexibility index (Phi) is 3.21. The van der Waals surface area contributed by atoms with E-state index in [1.165, 1.54) is 0 Å². The number of aliphatic hydroxyl groups is 1. The molecule has 0 saturated carbocycles. The molecule has 0 aliphatic carbocycles. The predicted octanol–water partition coefficient (Wildman–Crippen LogP) is 2.66. The number of halogens is 1. The van der Waals surface area contributed by atoms with Gasteiger partial charge in [0.2, 0.25) is 0 Å². The van der Waals surface area contributed by atoms with Gasteiger partial charge in [-0.3, -0.25) is 0 Å². The summed E-state index contributed by atoms with van der Waals surface area (Å²) >= 11 is 3.37. The summed E-state index contributed by atoms with van der Waals surface area (Å²) in [4.78, 5) is 0. The molecule has 3 heteroatoms. The highest BCUT2D eigenvalue weighted by molar-refractivity contribution is 9.10. The Balaban J connectivity index is 2.09. The van der Waals surface area contributed by atoms with E-state index in [4.69, 9.17) is 4.74 Å². The second-order valence-corrected chi connectivity index (χ2v) is 4.46. The molecule has 0 spiro atoms. The van der Waals surface area contributed by atoms with Crippen LogP contribution in [0.4, 0.5) is 0 Å². The molecule has 1 aliphatic heterocycles. The number of aliphatic hydroxyl groups excluding tert-OH is 1. The summed E-state index contributed by atoms with van der Waals surface area (Å²) in [7, 11) is 0. The Bertz CT molecular complexity index is 291. The molecule has 0 aromatic heterocycles. The molecule has 76 valence electrons. The van der Waals surface area contributed by atoms with Crippen LogP contribution in [-0.2, 0) is 4.74 Å². The van der Waals surface area contributed by atoms with Gasteiger partial charge in [0.1, 0.15) is 6.10 Å². The van der Waals surface area contributed by atoms with Gasteiger partial charge < -0.3 is 9.84 Å². The monoisotopic (exact) mass is 256 g/mol. The lowest BCUT2D eigenvalue weighted by Gasteiger charge is -2.17. The van der Waals surface area contributed by atoms with E-state index in [0.717, 1.165) is 29.5 Å². The van der Waals surface area contributed by atoms with Crippen LogP contribution in [0.2, 0.25) is 0 Å². The largest absolute Gasteiger partial charge is 0.386 e. The average molecular weight is 257 g/mol. The Labute approximate surface area is 92.0 Å². The SMILES string of the molecule is O[C@H](c1ccc(Br)cc1)[C@H]1CCCO1. The van der Waals surface area contributed by atoms with Crippen LogP contribution >= 0.6 is 15.9 Å². The highest BCUT2D eigenvalue weighted by atomic mass is 79.9. The quantitative estimate of drug-likeness (QED) is 0.882. The van der Waals surface area contributed by atoms with Crippen molar-refractivity contribution in [2.24, 2.45) is 0 Å². The van der Waals surface area contributed by atoms with Gasteiger partial charge in [0, 0.05) is 11.1 Å². The maximum atomic E-state index is 9.97. The van der Waals surface area contributed by atoms with E-state index in [-0.39, 0.29) is 6.10 Å². The fraction of sp³-hybridized carbons (Fsp3) is 0.455. The Morgan fingerprint density at radius 3 is 2.64 bits per heavy atom. The lowest BCUT2D eigenvalue weighted by molar-refractivity contribution is -0.00259. The van der Waals surface area contributed by atoms with E-state index in [0.29, 0.717) is 0 Å². The fourth-order valence-corrected chi connectivity index (χ4v) is 1.99. The Morgan fingerprint density at radius 1 is 1.36 bits per heavy atom. The number of rotatable bonds is 2. The van der Waals surface area contributed by atoms with Gasteiger partial charge >= 0.3 is 0 Å². The van der Waals surface area contributed by atoms with Gasteiger partial charge in [0.15, 0.2) is 0 Å². The molecule has 2 nitrogen and oxygen atoms in total. The van der Waals surface area contributed by atoms with E-state index in [9.17, 15) is 5.11 Å². The molecule has 2 rings (SSSR count). The molecule has 1 heterocycles. The maximum absolute atomic E-state index is 9.97. The predicted molar refractivity (Wildman–Crippen MR) is 58.1 cm³/mol. The molecule has 1 N–H and O–H groups in total. The zero-order valence-electron chi connectivity index (χ0n) is 7.82. The highest BCUT2D eigenvalue weighted by Gasteiger charge is 2.24. The maximum Gasteiger partial charge on any atom is 0.105 e. The lowest BCUT2D eigenvalue weighted by atomic mass is 10.0. The van der Waals surface area contributed by atoms with Gasteiger partial charge in [-0.25, -0.2) is 0 Å². The molecule has 1 aromatic rings. The third-order valence-corrected chi connectivity index (χ3v) is 3.06. The molecule has 1 aromatic carbocycles. The van der Waals surface area contributed by atoms with Crippen LogP contribution < -0.4 is 0 Å². The summed E-state index contributed by atoms with van der Waals surface area (Å²) in [5.41, 5.74) is 0.931. The van der Waals surface area contributed by atoms with Crippen molar-refractivity contribution in [2.45, 2.75) is 25.0 Å². The first-order valence-electron chi connectivity index (χ1n) is 4.82. The van der Waals surface area contributed by atoms with Crippen LogP contribution in [0.25, 0.3) is 0 Å². The van der Waals surface area contributed by atoms with E-state index in [2.05, 4.69) is 15.9 Å². The van der Waals surface area contributed by atoms with E-state index in [1.807, 2.05) is 24.3 Å². The van der Waals surface area contributed by atoms with Crippen molar-refractivity contribution in [3.05, 3.63) is 34.3 Å². The normalized spacial score (nSPS) is 23.7. The summed E-state index contributed by atoms with van der Waals surface area (Å²) in [6.07, 6.45) is 1.51. The number of hydrogen-bond acceptors (Lipinski definition) is 2. The highest BCUT2D eigenvalue weighted by Crippen LogP contribution is 2.27. The molecule has 1 saturated heterocycles. The topological polar surface area (TPSA) is 29.5 Å². The van der Waals surface area contributed by atoms with Crippen molar-refractivity contribution in [2.75, 3.05) is 6.61 Å². The summed E-state index contributed by atoms with van der Waals surface area (Å²) < 4.78 is 6.47. The Hall–Kier alpha value is -0.380. The minimum atomic E-state index is -0.481. The fourth-order valence-electron chi connectivity index (χ4n) is 1.73. The van der Waals surface area contributed by atoms with Crippen LogP contribution in [0, 0.1) is 0 Å². The Morgan fingerprint density at radius 2 is 2.07 bits per heavy atom. The standard InChI is InChI=1S/C11H13BrO2/c12-9-5-3-8(4-6-9)11(13)10-2-1-7-14-10/h3-6,10-11,13H,1-2,7H2/t10-,11-/m1/s1. The number of hydrogen-bond donors (Lipinski definition) is 1. The van der Waals surface area contributed by atoms with Crippen LogP contribution in [0.5, 0.6) is 0 Å². The van der Waals surface area contributed by atoms with Crippen molar-refractivity contribution in [1.29, 1.82) is 0 Å². The summed E-state index contributed by atoms with van der Waals surface area (Å²) in [6, 6.07) is 7.73. The van der Waals surface area contributed by atoms with Gasteiger partial charge in [-0.1, -0.05) is 28.1 Å². The molecular formula is C11H13BrO2. The lowest BCUT2D eigenvalue weighted by Crippen LogP contribution is -2.16. The average Bonchev–Trinajstić information content (AvgIpc) is 2.71. The molecule has 2 atom stereocenters. The van der Waals surface area contributed by atoms with E-state index in [1.54, 1.807) is 0 Å². The van der Waals surface area contributed by atoms with Gasteiger partial charge in [-0.15, -0.1) is 0 Å². The van der Waals surface area contributed by atoms with Crippen molar-refractivity contribution >= 4 is 15.9 Å². The molecule has 0 radical (unpaired) electrons. The molecule has 0 unspecified atom stereocenters. The second kappa shape index (κ2) is 4.43. The summed E-state index contributed by atoms with van der Waals surface area (Å²) in [6.45, 7) is 0.776. The first-order chi connectivity index (χ1) is 6.77. The second-order valence-electron chi connectivity index (χ2n) is 3.55. The first kappa shape index (κ1) is 10.1. The van der Waals surface area contributed by atoms with Crippen LogP contribution in [0.1, 0.15) is 24.5 Å². The van der Waals surface area contributed by atoms with Crippen LogP contribution in [0.3, 0.4) is 0 Å². The third kappa shape index (κ3) is 2.16. The third-order valence-electron chi connectivity index (χ3n) is 2.53. The molecular weight excluding hydrogens is 244 g/mol. The van der Waals surface area contributed by atoms with Gasteiger partial charge in [0.05, 0.1) is 6.10 Å². The number of ether oxygens (including phenoxy) is 1. The van der Waals surface area contributed by atoms with Crippen molar-refractivity contribution in [3.63, 3.8) is 0 Å². The van der Waals surface area contributed by atoms with E-state index >= 15 is 0 Å². The minimum Gasteiger partial charge on any atom is -0.386 e.